The Hall–Kier alpha value is -0.260. The summed E-state index contributed by atoms with van der Waals surface area (Å²) in [7, 11) is 0. The molecule has 0 aromatic heterocycles. The molecule has 0 heterocycles. The first-order valence-electron chi connectivity index (χ1n) is 6.64. The fourth-order valence-electron chi connectivity index (χ4n) is 2.74. The highest BCUT2D eigenvalue weighted by molar-refractivity contribution is 5.08. The lowest BCUT2D eigenvalue weighted by molar-refractivity contribution is 0.289. The van der Waals surface area contributed by atoms with Crippen molar-refractivity contribution in [2.75, 3.05) is 0 Å². The molecule has 2 atom stereocenters. The molecule has 0 heteroatoms. The molecule has 0 aliphatic heterocycles. The van der Waals surface area contributed by atoms with E-state index in [4.69, 9.17) is 0 Å². The van der Waals surface area contributed by atoms with Crippen LogP contribution in [0.1, 0.15) is 66.2 Å². The quantitative estimate of drug-likeness (QED) is 0.520. The molecule has 88 valence electrons. The first kappa shape index (κ1) is 12.8. The molecular weight excluding hydrogens is 180 g/mol. The Bertz CT molecular complexity index is 212. The van der Waals surface area contributed by atoms with Crippen molar-refractivity contribution in [3.8, 4) is 0 Å². The lowest BCUT2D eigenvalue weighted by Crippen LogP contribution is -2.18. The second-order valence-corrected chi connectivity index (χ2v) is 6.19. The molecule has 1 fully saturated rings. The maximum atomic E-state index is 4.31. The minimum atomic E-state index is 0.366. The summed E-state index contributed by atoms with van der Waals surface area (Å²) in [6.45, 7) is 13.8. The predicted octanol–water partition coefficient (Wildman–Crippen LogP) is 5.20. The van der Waals surface area contributed by atoms with Crippen LogP contribution in [0, 0.1) is 17.3 Å². The zero-order valence-corrected chi connectivity index (χ0v) is 11.1. The van der Waals surface area contributed by atoms with Crippen molar-refractivity contribution in [3.63, 3.8) is 0 Å². The number of hydrogen-bond acceptors (Lipinski definition) is 0. The Kier molecular flexibility index (Phi) is 4.43. The molecule has 0 saturated heterocycles. The second-order valence-electron chi connectivity index (χ2n) is 6.19. The Morgan fingerprint density at radius 2 is 1.93 bits per heavy atom. The van der Waals surface area contributed by atoms with E-state index in [0.717, 1.165) is 11.8 Å². The molecular formula is C15H28. The van der Waals surface area contributed by atoms with Crippen molar-refractivity contribution >= 4 is 0 Å². The van der Waals surface area contributed by atoms with Gasteiger partial charge in [0, 0.05) is 0 Å². The first-order chi connectivity index (χ1) is 6.95. The van der Waals surface area contributed by atoms with Crippen molar-refractivity contribution in [2.45, 2.75) is 66.2 Å². The monoisotopic (exact) mass is 208 g/mol. The van der Waals surface area contributed by atoms with Crippen molar-refractivity contribution < 1.29 is 0 Å². The average Bonchev–Trinajstić information content (AvgIpc) is 2.23. The lowest BCUT2D eigenvalue weighted by atomic mass is 9.75. The summed E-state index contributed by atoms with van der Waals surface area (Å²) in [5, 5.41) is 0. The smallest absolute Gasteiger partial charge is 0.0145 e. The highest BCUT2D eigenvalue weighted by Gasteiger charge is 2.27. The molecule has 0 spiro atoms. The predicted molar refractivity (Wildman–Crippen MR) is 69.0 cm³/mol. The number of rotatable bonds is 1. The van der Waals surface area contributed by atoms with Crippen LogP contribution in [-0.4, -0.2) is 0 Å². The molecule has 0 bridgehead atoms. The van der Waals surface area contributed by atoms with Gasteiger partial charge >= 0.3 is 0 Å². The molecule has 1 saturated carbocycles. The third-order valence-corrected chi connectivity index (χ3v) is 4.34. The highest BCUT2D eigenvalue weighted by atomic mass is 14.3. The fourth-order valence-corrected chi connectivity index (χ4v) is 2.74. The second kappa shape index (κ2) is 5.18. The molecule has 1 aliphatic carbocycles. The van der Waals surface area contributed by atoms with E-state index in [1.54, 1.807) is 0 Å². The SMILES string of the molecule is C=C1CCC(C)CCC(CC)CC1(C)C. The Morgan fingerprint density at radius 3 is 2.53 bits per heavy atom. The van der Waals surface area contributed by atoms with Gasteiger partial charge < -0.3 is 0 Å². The van der Waals surface area contributed by atoms with E-state index in [-0.39, 0.29) is 0 Å². The van der Waals surface area contributed by atoms with Crippen LogP contribution in [0.4, 0.5) is 0 Å². The molecule has 0 N–H and O–H groups in total. The van der Waals surface area contributed by atoms with Crippen molar-refractivity contribution in [1.82, 2.24) is 0 Å². The molecule has 0 nitrogen and oxygen atoms in total. The number of hydrogen-bond donors (Lipinski definition) is 0. The van der Waals surface area contributed by atoms with E-state index in [1.165, 1.54) is 44.1 Å². The molecule has 0 aromatic carbocycles. The van der Waals surface area contributed by atoms with Gasteiger partial charge in [-0.2, -0.15) is 0 Å². The van der Waals surface area contributed by atoms with Crippen LogP contribution in [-0.2, 0) is 0 Å². The van der Waals surface area contributed by atoms with E-state index in [9.17, 15) is 0 Å². The standard InChI is InChI=1S/C15H28/c1-6-14-10-8-12(2)7-9-13(3)15(4,5)11-14/h12,14H,3,6-11H2,1-2,4-5H3. The van der Waals surface area contributed by atoms with Crippen molar-refractivity contribution in [3.05, 3.63) is 12.2 Å². The van der Waals surface area contributed by atoms with Crippen LogP contribution in [0.2, 0.25) is 0 Å². The van der Waals surface area contributed by atoms with Crippen LogP contribution in [0.5, 0.6) is 0 Å². The van der Waals surface area contributed by atoms with Crippen LogP contribution >= 0.6 is 0 Å². The zero-order chi connectivity index (χ0) is 11.5. The third kappa shape index (κ3) is 3.66. The van der Waals surface area contributed by atoms with Gasteiger partial charge in [0.2, 0.25) is 0 Å². The van der Waals surface area contributed by atoms with E-state index in [2.05, 4.69) is 34.3 Å². The largest absolute Gasteiger partial charge is 0.0993 e. The van der Waals surface area contributed by atoms with Crippen LogP contribution in [0.15, 0.2) is 12.2 Å². The Labute approximate surface area is 96.2 Å². The van der Waals surface area contributed by atoms with Gasteiger partial charge in [-0.05, 0) is 36.5 Å². The van der Waals surface area contributed by atoms with Gasteiger partial charge in [-0.1, -0.05) is 59.1 Å². The van der Waals surface area contributed by atoms with Gasteiger partial charge in [0.1, 0.15) is 0 Å². The summed E-state index contributed by atoms with van der Waals surface area (Å²) in [5.74, 6) is 1.81. The van der Waals surface area contributed by atoms with Gasteiger partial charge in [-0.15, -0.1) is 0 Å². The fraction of sp³-hybridized carbons (Fsp3) is 0.867. The van der Waals surface area contributed by atoms with Crippen molar-refractivity contribution in [1.29, 1.82) is 0 Å². The van der Waals surface area contributed by atoms with Crippen LogP contribution < -0.4 is 0 Å². The van der Waals surface area contributed by atoms with E-state index < -0.39 is 0 Å². The zero-order valence-electron chi connectivity index (χ0n) is 11.1. The molecule has 0 amide bonds. The number of allylic oxidation sites excluding steroid dienone is 1. The molecule has 0 radical (unpaired) electrons. The molecule has 2 unspecified atom stereocenters. The van der Waals surface area contributed by atoms with Gasteiger partial charge in [-0.3, -0.25) is 0 Å². The van der Waals surface area contributed by atoms with Crippen LogP contribution in [0.3, 0.4) is 0 Å². The maximum Gasteiger partial charge on any atom is -0.0145 e. The summed E-state index contributed by atoms with van der Waals surface area (Å²) in [4.78, 5) is 0. The van der Waals surface area contributed by atoms with Gasteiger partial charge in [-0.25, -0.2) is 0 Å². The summed E-state index contributed by atoms with van der Waals surface area (Å²) >= 11 is 0. The van der Waals surface area contributed by atoms with Gasteiger partial charge in [0.15, 0.2) is 0 Å². The Morgan fingerprint density at radius 1 is 1.27 bits per heavy atom. The van der Waals surface area contributed by atoms with Gasteiger partial charge in [0.25, 0.3) is 0 Å². The van der Waals surface area contributed by atoms with E-state index in [1.807, 2.05) is 0 Å². The summed E-state index contributed by atoms with van der Waals surface area (Å²) in [6.07, 6.45) is 8.11. The maximum absolute atomic E-state index is 4.31. The normalized spacial score (nSPS) is 32.9. The van der Waals surface area contributed by atoms with Crippen molar-refractivity contribution in [2.24, 2.45) is 17.3 Å². The molecule has 1 rings (SSSR count). The summed E-state index contributed by atoms with van der Waals surface area (Å²) in [5.41, 5.74) is 1.85. The molecule has 15 heavy (non-hydrogen) atoms. The lowest BCUT2D eigenvalue weighted by Gasteiger charge is -2.30. The van der Waals surface area contributed by atoms with Crippen LogP contribution in [0.25, 0.3) is 0 Å². The third-order valence-electron chi connectivity index (χ3n) is 4.34. The summed E-state index contributed by atoms with van der Waals surface area (Å²) < 4.78 is 0. The molecule has 0 aromatic rings. The topological polar surface area (TPSA) is 0 Å². The highest BCUT2D eigenvalue weighted by Crippen LogP contribution is 2.40. The average molecular weight is 208 g/mol. The summed E-state index contributed by atoms with van der Waals surface area (Å²) in [6, 6.07) is 0. The molecule has 1 aliphatic rings. The minimum absolute atomic E-state index is 0.366. The Balaban J connectivity index is 2.72. The first-order valence-corrected chi connectivity index (χ1v) is 6.64. The van der Waals surface area contributed by atoms with Gasteiger partial charge in [0.05, 0.1) is 0 Å². The minimum Gasteiger partial charge on any atom is -0.0993 e. The van der Waals surface area contributed by atoms with E-state index in [0.29, 0.717) is 5.41 Å². The van der Waals surface area contributed by atoms with E-state index >= 15 is 0 Å².